The van der Waals surface area contributed by atoms with Crippen LogP contribution in [0, 0.1) is 0 Å². The monoisotopic (exact) mass is 239 g/mol. The molecule has 1 aromatic carbocycles. The minimum atomic E-state index is -3.40. The quantitative estimate of drug-likeness (QED) is 0.775. The molecule has 0 saturated carbocycles. The summed E-state index contributed by atoms with van der Waals surface area (Å²) in [6.07, 6.45) is 3.36. The number of rotatable bonds is 6. The van der Waals surface area contributed by atoms with Crippen molar-refractivity contribution >= 4 is 16.1 Å². The molecule has 0 heterocycles. The molecular weight excluding hydrogens is 222 g/mol. The second-order valence-electron chi connectivity index (χ2n) is 3.49. The Bertz CT molecular complexity index is 452. The summed E-state index contributed by atoms with van der Waals surface area (Å²) in [7, 11) is -3.40. The van der Waals surface area contributed by atoms with Gasteiger partial charge in [0.25, 0.3) is 0 Å². The van der Waals surface area contributed by atoms with Crippen molar-refractivity contribution in [3.05, 3.63) is 36.4 Å². The second-order valence-corrected chi connectivity index (χ2v) is 5.23. The van der Waals surface area contributed by atoms with Crippen LogP contribution in [0.1, 0.15) is 25.3 Å². The van der Waals surface area contributed by atoms with E-state index in [0.717, 1.165) is 12.8 Å². The van der Waals surface area contributed by atoms with E-state index in [-0.39, 0.29) is 0 Å². The van der Waals surface area contributed by atoms with Gasteiger partial charge >= 0.3 is 0 Å². The van der Waals surface area contributed by atoms with Gasteiger partial charge in [-0.25, -0.2) is 13.1 Å². The van der Waals surface area contributed by atoms with Gasteiger partial charge in [0.1, 0.15) is 0 Å². The fraction of sp³-hybridized carbons (Fsp3) is 0.333. The van der Waals surface area contributed by atoms with Gasteiger partial charge in [-0.2, -0.15) is 0 Å². The van der Waals surface area contributed by atoms with E-state index >= 15 is 0 Å². The summed E-state index contributed by atoms with van der Waals surface area (Å²) in [5, 5.41) is 0. The third-order valence-corrected chi connectivity index (χ3v) is 3.79. The van der Waals surface area contributed by atoms with Crippen LogP contribution in [0.15, 0.2) is 35.7 Å². The lowest BCUT2D eigenvalue weighted by Gasteiger charge is -2.08. The molecule has 0 bridgehead atoms. The standard InChI is InChI=1S/C12H17NO2S/c1-3-5-10-13-16(14,15)12-9-7-6-8-11(12)4-2/h4,6-9,13H,2-3,5,10H2,1H3. The smallest absolute Gasteiger partial charge is 0.211 e. The Morgan fingerprint density at radius 2 is 2.06 bits per heavy atom. The first-order valence-electron chi connectivity index (χ1n) is 5.33. The highest BCUT2D eigenvalue weighted by Crippen LogP contribution is 2.15. The third kappa shape index (κ3) is 3.18. The summed E-state index contributed by atoms with van der Waals surface area (Å²) < 4.78 is 26.4. The zero-order chi connectivity index (χ0) is 12.0. The van der Waals surface area contributed by atoms with Crippen LogP contribution in [0.25, 0.3) is 6.08 Å². The molecular formula is C12H17NO2S. The summed E-state index contributed by atoms with van der Waals surface area (Å²) in [6.45, 7) is 6.11. The van der Waals surface area contributed by atoms with Gasteiger partial charge in [0.15, 0.2) is 0 Å². The van der Waals surface area contributed by atoms with Crippen LogP contribution in [-0.2, 0) is 10.0 Å². The molecule has 0 radical (unpaired) electrons. The molecule has 0 fully saturated rings. The number of benzene rings is 1. The van der Waals surface area contributed by atoms with Crippen LogP contribution >= 0.6 is 0 Å². The minimum absolute atomic E-state index is 0.293. The lowest BCUT2D eigenvalue weighted by atomic mass is 10.2. The molecule has 0 aliphatic carbocycles. The zero-order valence-electron chi connectivity index (χ0n) is 9.44. The summed E-state index contributed by atoms with van der Waals surface area (Å²) in [4.78, 5) is 0.293. The van der Waals surface area contributed by atoms with E-state index in [2.05, 4.69) is 11.3 Å². The molecule has 0 spiro atoms. The number of unbranched alkanes of at least 4 members (excludes halogenated alkanes) is 1. The predicted molar refractivity (Wildman–Crippen MR) is 66.6 cm³/mol. The average Bonchev–Trinajstić information content (AvgIpc) is 2.29. The highest BCUT2D eigenvalue weighted by molar-refractivity contribution is 7.89. The normalized spacial score (nSPS) is 11.3. The Labute approximate surface area is 97.2 Å². The van der Waals surface area contributed by atoms with E-state index in [1.807, 2.05) is 6.92 Å². The van der Waals surface area contributed by atoms with E-state index in [4.69, 9.17) is 0 Å². The predicted octanol–water partition coefficient (Wildman–Crippen LogP) is 2.41. The minimum Gasteiger partial charge on any atom is -0.211 e. The highest BCUT2D eigenvalue weighted by atomic mass is 32.2. The topological polar surface area (TPSA) is 46.2 Å². The van der Waals surface area contributed by atoms with Crippen LogP contribution in [0.2, 0.25) is 0 Å². The molecule has 1 rings (SSSR count). The van der Waals surface area contributed by atoms with Crippen LogP contribution in [0.3, 0.4) is 0 Å². The van der Waals surface area contributed by atoms with E-state index in [1.165, 1.54) is 0 Å². The van der Waals surface area contributed by atoms with Crippen molar-refractivity contribution in [1.82, 2.24) is 4.72 Å². The maximum Gasteiger partial charge on any atom is 0.241 e. The Hall–Kier alpha value is -1.13. The van der Waals surface area contributed by atoms with E-state index in [9.17, 15) is 8.42 Å². The van der Waals surface area contributed by atoms with Gasteiger partial charge in [-0.1, -0.05) is 44.2 Å². The maximum absolute atomic E-state index is 11.9. The van der Waals surface area contributed by atoms with Crippen LogP contribution in [0.5, 0.6) is 0 Å². The summed E-state index contributed by atoms with van der Waals surface area (Å²) >= 11 is 0. The fourth-order valence-corrected chi connectivity index (χ4v) is 2.64. The molecule has 1 aromatic rings. The largest absolute Gasteiger partial charge is 0.241 e. The lowest BCUT2D eigenvalue weighted by Crippen LogP contribution is -2.25. The first-order chi connectivity index (χ1) is 7.61. The van der Waals surface area contributed by atoms with Gasteiger partial charge < -0.3 is 0 Å². The van der Waals surface area contributed by atoms with Crippen LogP contribution in [-0.4, -0.2) is 15.0 Å². The fourth-order valence-electron chi connectivity index (χ4n) is 1.35. The van der Waals surface area contributed by atoms with Crippen molar-refractivity contribution in [2.45, 2.75) is 24.7 Å². The van der Waals surface area contributed by atoms with Crippen molar-refractivity contribution in [1.29, 1.82) is 0 Å². The number of hydrogen-bond donors (Lipinski definition) is 1. The molecule has 0 unspecified atom stereocenters. The Balaban J connectivity index is 2.93. The van der Waals surface area contributed by atoms with Gasteiger partial charge in [0.05, 0.1) is 4.90 Å². The molecule has 0 aromatic heterocycles. The number of hydrogen-bond acceptors (Lipinski definition) is 2. The van der Waals surface area contributed by atoms with Gasteiger partial charge in [-0.3, -0.25) is 0 Å². The molecule has 88 valence electrons. The first kappa shape index (κ1) is 12.9. The number of sulfonamides is 1. The van der Waals surface area contributed by atoms with Crippen molar-refractivity contribution < 1.29 is 8.42 Å². The SMILES string of the molecule is C=Cc1ccccc1S(=O)(=O)NCCCC. The summed E-state index contributed by atoms with van der Waals surface area (Å²) in [5.74, 6) is 0. The third-order valence-electron chi connectivity index (χ3n) is 2.25. The van der Waals surface area contributed by atoms with Crippen molar-refractivity contribution in [2.24, 2.45) is 0 Å². The van der Waals surface area contributed by atoms with Crippen LogP contribution in [0.4, 0.5) is 0 Å². The molecule has 0 atom stereocenters. The molecule has 0 aliphatic heterocycles. The molecule has 16 heavy (non-hydrogen) atoms. The molecule has 0 aliphatic rings. The van der Waals surface area contributed by atoms with E-state index in [0.29, 0.717) is 17.0 Å². The average molecular weight is 239 g/mol. The Morgan fingerprint density at radius 3 is 2.69 bits per heavy atom. The first-order valence-corrected chi connectivity index (χ1v) is 6.81. The van der Waals surface area contributed by atoms with Gasteiger partial charge in [0.2, 0.25) is 10.0 Å². The van der Waals surface area contributed by atoms with Crippen molar-refractivity contribution in [3.63, 3.8) is 0 Å². The van der Waals surface area contributed by atoms with E-state index < -0.39 is 10.0 Å². The second kappa shape index (κ2) is 5.82. The molecule has 3 nitrogen and oxygen atoms in total. The van der Waals surface area contributed by atoms with Crippen LogP contribution < -0.4 is 4.72 Å². The highest BCUT2D eigenvalue weighted by Gasteiger charge is 2.15. The Kier molecular flexibility index (Phi) is 4.71. The summed E-state index contributed by atoms with van der Waals surface area (Å²) in [6, 6.07) is 6.83. The van der Waals surface area contributed by atoms with Gasteiger partial charge in [0, 0.05) is 6.54 Å². The molecule has 0 saturated heterocycles. The Morgan fingerprint density at radius 1 is 1.38 bits per heavy atom. The summed E-state index contributed by atoms with van der Waals surface area (Å²) in [5.41, 5.74) is 0.631. The van der Waals surface area contributed by atoms with Gasteiger partial charge in [-0.05, 0) is 18.1 Å². The molecule has 4 heteroatoms. The van der Waals surface area contributed by atoms with E-state index in [1.54, 1.807) is 30.3 Å². The van der Waals surface area contributed by atoms with Gasteiger partial charge in [-0.15, -0.1) is 0 Å². The van der Waals surface area contributed by atoms with Crippen molar-refractivity contribution in [2.75, 3.05) is 6.54 Å². The lowest BCUT2D eigenvalue weighted by molar-refractivity contribution is 0.578. The number of nitrogens with one attached hydrogen (secondary N) is 1. The zero-order valence-corrected chi connectivity index (χ0v) is 10.3. The molecule has 1 N–H and O–H groups in total. The van der Waals surface area contributed by atoms with Crippen molar-refractivity contribution in [3.8, 4) is 0 Å². The maximum atomic E-state index is 11.9. The molecule has 0 amide bonds.